The first kappa shape index (κ1) is 11.4. The molecule has 0 saturated carbocycles. The quantitative estimate of drug-likeness (QED) is 0.817. The largest absolute Gasteiger partial charge is 0.478 e. The fraction of sp³-hybridized carbons (Fsp3) is 0.333. The number of para-hydroxylation sites is 2. The third-order valence-corrected chi connectivity index (χ3v) is 2.45. The Morgan fingerprint density at radius 3 is 3.00 bits per heavy atom. The maximum atomic E-state index is 11.7. The number of benzene rings is 1. The molecule has 2 amide bonds. The fourth-order valence-electron chi connectivity index (χ4n) is 1.66. The maximum Gasteiger partial charge on any atom is 0.266 e. The fourth-order valence-corrected chi connectivity index (χ4v) is 1.66. The minimum absolute atomic E-state index is 0.0357. The molecule has 0 spiro atoms. The van der Waals surface area contributed by atoms with Crippen LogP contribution in [0.2, 0.25) is 0 Å². The van der Waals surface area contributed by atoms with E-state index in [0.29, 0.717) is 18.0 Å². The second-order valence-corrected chi connectivity index (χ2v) is 3.75. The molecule has 1 aromatic carbocycles. The van der Waals surface area contributed by atoms with E-state index in [1.807, 2.05) is 19.1 Å². The number of nitrogens with one attached hydrogen (secondary N) is 2. The van der Waals surface area contributed by atoms with E-state index in [0.717, 1.165) is 0 Å². The molecule has 5 heteroatoms. The molecule has 1 atom stereocenters. The highest BCUT2D eigenvalue weighted by Gasteiger charge is 2.29. The Bertz CT molecular complexity index is 445. The zero-order valence-corrected chi connectivity index (χ0v) is 9.53. The van der Waals surface area contributed by atoms with Gasteiger partial charge < -0.3 is 15.4 Å². The van der Waals surface area contributed by atoms with E-state index in [1.54, 1.807) is 12.1 Å². The van der Waals surface area contributed by atoms with Crippen molar-refractivity contribution in [3.63, 3.8) is 0 Å². The average molecular weight is 234 g/mol. The number of carbonyl (C=O) groups excluding carboxylic acids is 2. The third-order valence-electron chi connectivity index (χ3n) is 2.45. The predicted molar refractivity (Wildman–Crippen MR) is 62.8 cm³/mol. The van der Waals surface area contributed by atoms with Crippen LogP contribution >= 0.6 is 0 Å². The third kappa shape index (κ3) is 2.55. The van der Waals surface area contributed by atoms with Crippen molar-refractivity contribution in [1.29, 1.82) is 0 Å². The molecule has 2 N–H and O–H groups in total. The van der Waals surface area contributed by atoms with E-state index in [9.17, 15) is 9.59 Å². The van der Waals surface area contributed by atoms with Gasteiger partial charge in [-0.05, 0) is 19.1 Å². The standard InChI is InChI=1S/C12H14N2O3/c1-2-13-11(15)7-10-12(16)14-8-5-3-4-6-9(8)17-10/h3-6,10H,2,7H2,1H3,(H,13,15)(H,14,16). The van der Waals surface area contributed by atoms with Crippen LogP contribution in [0.25, 0.3) is 0 Å². The summed E-state index contributed by atoms with van der Waals surface area (Å²) in [4.78, 5) is 23.1. The first-order valence-electron chi connectivity index (χ1n) is 5.54. The van der Waals surface area contributed by atoms with Gasteiger partial charge in [-0.1, -0.05) is 12.1 Å². The van der Waals surface area contributed by atoms with Gasteiger partial charge in [-0.2, -0.15) is 0 Å². The maximum absolute atomic E-state index is 11.7. The van der Waals surface area contributed by atoms with Crippen LogP contribution in [0.5, 0.6) is 5.75 Å². The first-order valence-corrected chi connectivity index (χ1v) is 5.54. The summed E-state index contributed by atoms with van der Waals surface area (Å²) < 4.78 is 5.49. The molecule has 0 fully saturated rings. The zero-order chi connectivity index (χ0) is 12.3. The summed E-state index contributed by atoms with van der Waals surface area (Å²) in [6, 6.07) is 7.15. The molecule has 1 aliphatic rings. The molecular formula is C12H14N2O3. The Hall–Kier alpha value is -2.04. The van der Waals surface area contributed by atoms with Crippen molar-refractivity contribution in [3.05, 3.63) is 24.3 Å². The number of amides is 2. The molecule has 1 heterocycles. The second-order valence-electron chi connectivity index (χ2n) is 3.75. The normalized spacial score (nSPS) is 17.7. The van der Waals surface area contributed by atoms with Gasteiger partial charge in [0, 0.05) is 6.54 Å². The lowest BCUT2D eigenvalue weighted by atomic mass is 10.1. The van der Waals surface area contributed by atoms with Crippen molar-refractivity contribution in [1.82, 2.24) is 5.32 Å². The van der Waals surface area contributed by atoms with E-state index >= 15 is 0 Å². The van der Waals surface area contributed by atoms with Crippen LogP contribution in [0.1, 0.15) is 13.3 Å². The van der Waals surface area contributed by atoms with Gasteiger partial charge in [-0.25, -0.2) is 0 Å². The van der Waals surface area contributed by atoms with Crippen molar-refractivity contribution < 1.29 is 14.3 Å². The van der Waals surface area contributed by atoms with Crippen LogP contribution in [0.3, 0.4) is 0 Å². The Balaban J connectivity index is 2.07. The van der Waals surface area contributed by atoms with E-state index < -0.39 is 6.10 Å². The first-order chi connectivity index (χ1) is 8.20. The molecule has 0 bridgehead atoms. The zero-order valence-electron chi connectivity index (χ0n) is 9.53. The van der Waals surface area contributed by atoms with Gasteiger partial charge >= 0.3 is 0 Å². The van der Waals surface area contributed by atoms with Gasteiger partial charge in [-0.15, -0.1) is 0 Å². The Morgan fingerprint density at radius 2 is 2.24 bits per heavy atom. The van der Waals surface area contributed by atoms with Crippen molar-refractivity contribution in [2.24, 2.45) is 0 Å². The number of ether oxygens (including phenoxy) is 1. The van der Waals surface area contributed by atoms with Crippen molar-refractivity contribution in [3.8, 4) is 5.75 Å². The molecule has 0 radical (unpaired) electrons. The van der Waals surface area contributed by atoms with Crippen molar-refractivity contribution >= 4 is 17.5 Å². The molecule has 5 nitrogen and oxygen atoms in total. The summed E-state index contributed by atoms with van der Waals surface area (Å²) in [5.74, 6) is 0.128. The molecule has 0 saturated heterocycles. The Kier molecular flexibility index (Phi) is 3.27. The van der Waals surface area contributed by atoms with Gasteiger partial charge in [0.1, 0.15) is 5.75 Å². The molecule has 0 aliphatic carbocycles. The Morgan fingerprint density at radius 1 is 1.47 bits per heavy atom. The summed E-state index contributed by atoms with van der Waals surface area (Å²) >= 11 is 0. The van der Waals surface area contributed by atoms with E-state index in [2.05, 4.69) is 10.6 Å². The van der Waals surface area contributed by atoms with Crippen LogP contribution in [0, 0.1) is 0 Å². The lowest BCUT2D eigenvalue weighted by Gasteiger charge is -2.25. The topological polar surface area (TPSA) is 67.4 Å². The van der Waals surface area contributed by atoms with E-state index in [4.69, 9.17) is 4.74 Å². The molecule has 1 aromatic rings. The molecule has 1 aliphatic heterocycles. The lowest BCUT2D eigenvalue weighted by molar-refractivity contribution is -0.130. The molecular weight excluding hydrogens is 220 g/mol. The van der Waals surface area contributed by atoms with Crippen LogP contribution < -0.4 is 15.4 Å². The number of carbonyl (C=O) groups is 2. The summed E-state index contributed by atoms with van der Waals surface area (Å²) in [7, 11) is 0. The summed E-state index contributed by atoms with van der Waals surface area (Å²) in [5, 5.41) is 5.35. The van der Waals surface area contributed by atoms with Gasteiger partial charge in [0.05, 0.1) is 12.1 Å². The number of anilines is 1. The van der Waals surface area contributed by atoms with Gasteiger partial charge in [0.2, 0.25) is 5.91 Å². The molecule has 17 heavy (non-hydrogen) atoms. The molecule has 2 rings (SSSR count). The summed E-state index contributed by atoms with van der Waals surface area (Å²) in [6.07, 6.45) is -0.718. The van der Waals surface area contributed by atoms with E-state index in [-0.39, 0.29) is 18.2 Å². The predicted octanol–water partition coefficient (Wildman–Crippen LogP) is 0.912. The van der Waals surface area contributed by atoms with Crippen molar-refractivity contribution in [2.75, 3.05) is 11.9 Å². The van der Waals surface area contributed by atoms with Crippen molar-refractivity contribution in [2.45, 2.75) is 19.4 Å². The van der Waals surface area contributed by atoms with Gasteiger partial charge in [0.25, 0.3) is 5.91 Å². The average Bonchev–Trinajstić information content (AvgIpc) is 2.30. The number of rotatable bonds is 3. The highest BCUT2D eigenvalue weighted by molar-refractivity contribution is 5.99. The van der Waals surface area contributed by atoms with Gasteiger partial charge in [-0.3, -0.25) is 9.59 Å². The summed E-state index contributed by atoms with van der Waals surface area (Å²) in [6.45, 7) is 2.37. The highest BCUT2D eigenvalue weighted by atomic mass is 16.5. The number of fused-ring (bicyclic) bond motifs is 1. The van der Waals surface area contributed by atoms with Gasteiger partial charge in [0.15, 0.2) is 6.10 Å². The SMILES string of the molecule is CCNC(=O)CC1Oc2ccccc2NC1=O. The van der Waals surface area contributed by atoms with Crippen LogP contribution in [0.15, 0.2) is 24.3 Å². The van der Waals surface area contributed by atoms with Crippen LogP contribution in [0.4, 0.5) is 5.69 Å². The second kappa shape index (κ2) is 4.86. The molecule has 0 aromatic heterocycles. The molecule has 1 unspecified atom stereocenters. The lowest BCUT2D eigenvalue weighted by Crippen LogP contribution is -2.40. The number of hydrogen-bond acceptors (Lipinski definition) is 3. The van der Waals surface area contributed by atoms with E-state index in [1.165, 1.54) is 0 Å². The monoisotopic (exact) mass is 234 g/mol. The highest BCUT2D eigenvalue weighted by Crippen LogP contribution is 2.29. The van der Waals surface area contributed by atoms with Crippen LogP contribution in [-0.2, 0) is 9.59 Å². The van der Waals surface area contributed by atoms with Crippen LogP contribution in [-0.4, -0.2) is 24.5 Å². The number of hydrogen-bond donors (Lipinski definition) is 2. The minimum atomic E-state index is -0.753. The summed E-state index contributed by atoms with van der Waals surface area (Å²) in [5.41, 5.74) is 0.643. The molecule has 90 valence electrons. The Labute approximate surface area is 99.2 Å². The minimum Gasteiger partial charge on any atom is -0.478 e. The smallest absolute Gasteiger partial charge is 0.266 e.